The van der Waals surface area contributed by atoms with Gasteiger partial charge in [-0.1, -0.05) is 11.6 Å². The van der Waals surface area contributed by atoms with E-state index in [0.29, 0.717) is 23.8 Å². The Morgan fingerprint density at radius 2 is 1.96 bits per heavy atom. The summed E-state index contributed by atoms with van der Waals surface area (Å²) >= 11 is 5.86. The predicted molar refractivity (Wildman–Crippen MR) is 89.0 cm³/mol. The topological polar surface area (TPSA) is 93.7 Å². The molecule has 0 saturated heterocycles. The summed E-state index contributed by atoms with van der Waals surface area (Å²) < 4.78 is 10.4. The molecule has 0 fully saturated rings. The second-order valence-electron chi connectivity index (χ2n) is 4.97. The third-order valence-electron chi connectivity index (χ3n) is 3.01. The summed E-state index contributed by atoms with van der Waals surface area (Å²) in [6.45, 7) is 1.67. The number of halogens is 1. The van der Waals surface area contributed by atoms with Gasteiger partial charge in [0.2, 0.25) is 5.91 Å². The number of rotatable bonds is 9. The van der Waals surface area contributed by atoms with E-state index >= 15 is 0 Å². The van der Waals surface area contributed by atoms with Gasteiger partial charge in [0.1, 0.15) is 5.75 Å². The van der Waals surface area contributed by atoms with E-state index < -0.39 is 18.5 Å². The Morgan fingerprint density at radius 3 is 2.62 bits per heavy atom. The smallest absolute Gasteiger partial charge is 0.306 e. The van der Waals surface area contributed by atoms with Gasteiger partial charge in [0.15, 0.2) is 6.61 Å². The number of carbonyl (C=O) groups excluding carboxylic acids is 3. The molecular formula is C16H21ClN2O5. The van der Waals surface area contributed by atoms with Gasteiger partial charge in [-0.15, -0.1) is 0 Å². The fraction of sp³-hybridized carbons (Fsp3) is 0.438. The van der Waals surface area contributed by atoms with Gasteiger partial charge >= 0.3 is 5.97 Å². The number of ether oxygens (including phenoxy) is 2. The number of benzene rings is 1. The second-order valence-corrected chi connectivity index (χ2v) is 5.41. The largest absolute Gasteiger partial charge is 0.493 e. The van der Waals surface area contributed by atoms with Crippen LogP contribution in [0.15, 0.2) is 18.2 Å². The molecule has 1 rings (SSSR count). The minimum Gasteiger partial charge on any atom is -0.493 e. The standard InChI is InChI=1S/C16H21ClN2O5/c1-11-8-12(17)5-6-13(11)23-7-3-4-16(22)24-10-15(21)19-9-14(20)18-2/h5-6,8H,3-4,7,9-10H2,1-2H3,(H,18,20)(H,19,21). The Balaban J connectivity index is 2.15. The lowest BCUT2D eigenvalue weighted by atomic mass is 10.2. The van der Waals surface area contributed by atoms with Crippen LogP contribution in [0.2, 0.25) is 5.02 Å². The highest BCUT2D eigenvalue weighted by atomic mass is 35.5. The maximum Gasteiger partial charge on any atom is 0.306 e. The van der Waals surface area contributed by atoms with Gasteiger partial charge in [-0.2, -0.15) is 0 Å². The third kappa shape index (κ3) is 7.82. The van der Waals surface area contributed by atoms with Crippen molar-refractivity contribution in [2.45, 2.75) is 19.8 Å². The first kappa shape index (κ1) is 19.8. The zero-order chi connectivity index (χ0) is 17.9. The summed E-state index contributed by atoms with van der Waals surface area (Å²) in [6, 6.07) is 5.30. The lowest BCUT2D eigenvalue weighted by Gasteiger charge is -2.09. The summed E-state index contributed by atoms with van der Waals surface area (Å²) in [5.74, 6) is -0.646. The fourth-order valence-electron chi connectivity index (χ4n) is 1.71. The number of likely N-dealkylation sites (N-methyl/N-ethyl adjacent to an activating group) is 1. The highest BCUT2D eigenvalue weighted by Crippen LogP contribution is 2.21. The molecule has 0 atom stereocenters. The number of esters is 1. The van der Waals surface area contributed by atoms with Crippen LogP contribution in [0.4, 0.5) is 0 Å². The molecule has 7 nitrogen and oxygen atoms in total. The van der Waals surface area contributed by atoms with E-state index in [1.54, 1.807) is 18.2 Å². The molecule has 0 radical (unpaired) electrons. The molecule has 1 aromatic rings. The number of amides is 2. The van der Waals surface area contributed by atoms with Crippen molar-refractivity contribution in [3.63, 3.8) is 0 Å². The third-order valence-corrected chi connectivity index (χ3v) is 3.24. The summed E-state index contributed by atoms with van der Waals surface area (Å²) in [6.07, 6.45) is 0.593. The van der Waals surface area contributed by atoms with Crippen LogP contribution < -0.4 is 15.4 Å². The monoisotopic (exact) mass is 356 g/mol. The van der Waals surface area contributed by atoms with Crippen molar-refractivity contribution in [3.05, 3.63) is 28.8 Å². The van der Waals surface area contributed by atoms with Crippen LogP contribution in [0.3, 0.4) is 0 Å². The molecule has 0 aromatic heterocycles. The van der Waals surface area contributed by atoms with Crippen LogP contribution in [0.5, 0.6) is 5.75 Å². The van der Waals surface area contributed by atoms with Gasteiger partial charge in [0.05, 0.1) is 13.2 Å². The van der Waals surface area contributed by atoms with Gasteiger partial charge in [-0.3, -0.25) is 14.4 Å². The zero-order valence-corrected chi connectivity index (χ0v) is 14.4. The Kier molecular flexibility index (Phi) is 8.64. The number of aryl methyl sites for hydroxylation is 1. The van der Waals surface area contributed by atoms with Crippen molar-refractivity contribution in [2.75, 3.05) is 26.8 Å². The van der Waals surface area contributed by atoms with Crippen molar-refractivity contribution in [1.82, 2.24) is 10.6 Å². The maximum absolute atomic E-state index is 11.5. The highest BCUT2D eigenvalue weighted by Gasteiger charge is 2.09. The van der Waals surface area contributed by atoms with E-state index in [-0.39, 0.29) is 18.9 Å². The first-order valence-corrected chi connectivity index (χ1v) is 7.82. The molecule has 0 aliphatic rings. The minimum atomic E-state index is -0.528. The van der Waals surface area contributed by atoms with Gasteiger partial charge in [0, 0.05) is 18.5 Å². The number of carbonyl (C=O) groups is 3. The van der Waals surface area contributed by atoms with E-state index in [1.165, 1.54) is 7.05 Å². The Bertz CT molecular complexity index is 592. The van der Waals surface area contributed by atoms with Crippen LogP contribution in [0.25, 0.3) is 0 Å². The van der Waals surface area contributed by atoms with Gasteiger partial charge < -0.3 is 20.1 Å². The first-order valence-electron chi connectivity index (χ1n) is 7.44. The van der Waals surface area contributed by atoms with Gasteiger partial charge in [0.25, 0.3) is 5.91 Å². The summed E-state index contributed by atoms with van der Waals surface area (Å²) in [5, 5.41) is 5.32. The van der Waals surface area contributed by atoms with E-state index in [2.05, 4.69) is 10.6 Å². The van der Waals surface area contributed by atoms with Gasteiger partial charge in [-0.05, 0) is 37.1 Å². The maximum atomic E-state index is 11.5. The van der Waals surface area contributed by atoms with Crippen molar-refractivity contribution in [2.24, 2.45) is 0 Å². The van der Waals surface area contributed by atoms with Crippen molar-refractivity contribution in [3.8, 4) is 5.75 Å². The molecule has 8 heteroatoms. The minimum absolute atomic E-state index is 0.134. The van der Waals surface area contributed by atoms with Crippen LogP contribution in [-0.4, -0.2) is 44.6 Å². The molecule has 0 heterocycles. The molecule has 0 saturated carbocycles. The molecule has 2 N–H and O–H groups in total. The zero-order valence-electron chi connectivity index (χ0n) is 13.7. The lowest BCUT2D eigenvalue weighted by Crippen LogP contribution is -2.37. The number of nitrogens with one attached hydrogen (secondary N) is 2. The van der Waals surface area contributed by atoms with Crippen LogP contribution in [0.1, 0.15) is 18.4 Å². The normalized spacial score (nSPS) is 9.96. The Hall–Kier alpha value is -2.28. The lowest BCUT2D eigenvalue weighted by molar-refractivity contribution is -0.148. The van der Waals surface area contributed by atoms with E-state index in [1.807, 2.05) is 6.92 Å². The summed E-state index contributed by atoms with van der Waals surface area (Å²) in [5.41, 5.74) is 0.915. The average Bonchev–Trinajstić information content (AvgIpc) is 2.56. The van der Waals surface area contributed by atoms with Crippen LogP contribution >= 0.6 is 11.6 Å². The molecule has 24 heavy (non-hydrogen) atoms. The van der Waals surface area contributed by atoms with Gasteiger partial charge in [-0.25, -0.2) is 0 Å². The van der Waals surface area contributed by atoms with Crippen molar-refractivity contribution < 1.29 is 23.9 Å². The van der Waals surface area contributed by atoms with E-state index in [4.69, 9.17) is 21.1 Å². The SMILES string of the molecule is CNC(=O)CNC(=O)COC(=O)CCCOc1ccc(Cl)cc1C. The van der Waals surface area contributed by atoms with Crippen molar-refractivity contribution in [1.29, 1.82) is 0 Å². The van der Waals surface area contributed by atoms with E-state index in [0.717, 1.165) is 5.56 Å². The molecule has 0 aliphatic carbocycles. The van der Waals surface area contributed by atoms with Crippen LogP contribution in [-0.2, 0) is 19.1 Å². The molecule has 132 valence electrons. The van der Waals surface area contributed by atoms with Crippen LogP contribution in [0, 0.1) is 6.92 Å². The number of hydrogen-bond acceptors (Lipinski definition) is 5. The molecule has 0 spiro atoms. The first-order chi connectivity index (χ1) is 11.4. The Morgan fingerprint density at radius 1 is 1.21 bits per heavy atom. The quantitative estimate of drug-likeness (QED) is 0.512. The molecule has 1 aromatic carbocycles. The molecule has 0 bridgehead atoms. The van der Waals surface area contributed by atoms with E-state index in [9.17, 15) is 14.4 Å². The Labute approximate surface area is 145 Å². The molecule has 2 amide bonds. The van der Waals surface area contributed by atoms with Crippen molar-refractivity contribution >= 4 is 29.4 Å². The fourth-order valence-corrected chi connectivity index (χ4v) is 1.94. The molecular weight excluding hydrogens is 336 g/mol. The summed E-state index contributed by atoms with van der Waals surface area (Å²) in [7, 11) is 1.46. The summed E-state index contributed by atoms with van der Waals surface area (Å²) in [4.78, 5) is 33.8. The molecule has 0 unspecified atom stereocenters. The second kappa shape index (κ2) is 10.5. The number of hydrogen-bond donors (Lipinski definition) is 2. The average molecular weight is 357 g/mol. The predicted octanol–water partition coefficient (Wildman–Crippen LogP) is 1.21. The molecule has 0 aliphatic heterocycles. The highest BCUT2D eigenvalue weighted by molar-refractivity contribution is 6.30.